The Hall–Kier alpha value is -3.80. The van der Waals surface area contributed by atoms with E-state index < -0.39 is 22.5 Å². The van der Waals surface area contributed by atoms with Crippen LogP contribution in [0, 0.1) is 33.1 Å². The fourth-order valence-electron chi connectivity index (χ4n) is 3.04. The molecule has 3 rings (SSSR count). The Morgan fingerprint density at radius 1 is 1.10 bits per heavy atom. The number of non-ortho nitro benzene ring substituents is 1. The molecular weight excluding hydrogens is 382 g/mol. The summed E-state index contributed by atoms with van der Waals surface area (Å²) in [6, 6.07) is 10.8. The van der Waals surface area contributed by atoms with E-state index >= 15 is 0 Å². The second kappa shape index (κ2) is 8.48. The largest absolute Gasteiger partial charge is 0.368 e. The van der Waals surface area contributed by atoms with Crippen LogP contribution >= 0.6 is 0 Å². The average molecular weight is 398 g/mol. The molecule has 2 aromatic carbocycles. The number of nitrogens with zero attached hydrogens (tertiary/aromatic N) is 4. The standard InChI is InChI=1S/C20H16F2N4O3/c21-16-2-1-14(19(22)12-16)11-15(13-23)20(27)25-9-7-24(8-10-25)17-3-5-18(6-4-17)26(28)29/h1-6,11-12H,7-10H2/b15-11+. The van der Waals surface area contributed by atoms with Crippen molar-refractivity contribution in [3.63, 3.8) is 0 Å². The molecule has 0 bridgehead atoms. The monoisotopic (exact) mass is 398 g/mol. The molecule has 9 heteroatoms. The van der Waals surface area contributed by atoms with E-state index in [2.05, 4.69) is 0 Å². The van der Waals surface area contributed by atoms with Gasteiger partial charge in [-0.3, -0.25) is 14.9 Å². The van der Waals surface area contributed by atoms with E-state index in [1.165, 1.54) is 23.1 Å². The van der Waals surface area contributed by atoms with Crippen molar-refractivity contribution in [3.05, 3.63) is 75.3 Å². The van der Waals surface area contributed by atoms with Crippen LogP contribution in [-0.2, 0) is 4.79 Å². The van der Waals surface area contributed by atoms with Crippen molar-refractivity contribution < 1.29 is 18.5 Å². The van der Waals surface area contributed by atoms with Crippen LogP contribution in [0.15, 0.2) is 48.0 Å². The normalized spacial score (nSPS) is 14.4. The first-order chi connectivity index (χ1) is 13.9. The lowest BCUT2D eigenvalue weighted by molar-refractivity contribution is -0.384. The molecule has 29 heavy (non-hydrogen) atoms. The second-order valence-electron chi connectivity index (χ2n) is 6.39. The first-order valence-corrected chi connectivity index (χ1v) is 8.74. The maximum Gasteiger partial charge on any atom is 0.269 e. The summed E-state index contributed by atoms with van der Waals surface area (Å²) in [6.45, 7) is 1.63. The highest BCUT2D eigenvalue weighted by Gasteiger charge is 2.24. The van der Waals surface area contributed by atoms with Gasteiger partial charge in [0, 0.05) is 55.6 Å². The number of nitro benzene ring substituents is 1. The number of benzene rings is 2. The molecule has 1 aliphatic heterocycles. The lowest BCUT2D eigenvalue weighted by Gasteiger charge is -2.36. The molecule has 1 saturated heterocycles. The molecule has 0 N–H and O–H groups in total. The van der Waals surface area contributed by atoms with Crippen LogP contribution in [0.3, 0.4) is 0 Å². The second-order valence-corrected chi connectivity index (χ2v) is 6.39. The third-order valence-corrected chi connectivity index (χ3v) is 4.61. The highest BCUT2D eigenvalue weighted by Crippen LogP contribution is 2.21. The van der Waals surface area contributed by atoms with Gasteiger partial charge in [-0.1, -0.05) is 0 Å². The van der Waals surface area contributed by atoms with E-state index in [0.717, 1.165) is 17.8 Å². The van der Waals surface area contributed by atoms with Crippen LogP contribution in [0.5, 0.6) is 0 Å². The number of carbonyl (C=O) groups is 1. The molecule has 0 aromatic heterocycles. The van der Waals surface area contributed by atoms with Crippen molar-refractivity contribution in [2.24, 2.45) is 0 Å². The molecule has 0 atom stereocenters. The topological polar surface area (TPSA) is 90.5 Å². The zero-order valence-corrected chi connectivity index (χ0v) is 15.2. The summed E-state index contributed by atoms with van der Waals surface area (Å²) in [6.07, 6.45) is 1.11. The summed E-state index contributed by atoms with van der Waals surface area (Å²) >= 11 is 0. The van der Waals surface area contributed by atoms with E-state index in [-0.39, 0.29) is 16.8 Å². The minimum atomic E-state index is -0.853. The lowest BCUT2D eigenvalue weighted by Crippen LogP contribution is -2.49. The molecule has 1 amide bonds. The Labute approximate surface area is 165 Å². The quantitative estimate of drug-likeness (QED) is 0.342. The number of hydrogen-bond acceptors (Lipinski definition) is 5. The van der Waals surface area contributed by atoms with Crippen LogP contribution in [-0.4, -0.2) is 41.9 Å². The van der Waals surface area contributed by atoms with Gasteiger partial charge in [0.15, 0.2) is 0 Å². The minimum absolute atomic E-state index is 0.000566. The SMILES string of the molecule is N#C/C(=C\c1ccc(F)cc1F)C(=O)N1CCN(c2ccc([N+](=O)[O-])cc2)CC1. The smallest absolute Gasteiger partial charge is 0.269 e. The van der Waals surface area contributed by atoms with Crippen molar-refractivity contribution >= 4 is 23.4 Å². The highest BCUT2D eigenvalue weighted by molar-refractivity contribution is 6.01. The molecule has 1 heterocycles. The number of nitro groups is 1. The lowest BCUT2D eigenvalue weighted by atomic mass is 10.1. The number of rotatable bonds is 4. The Kier molecular flexibility index (Phi) is 5.83. The molecule has 0 saturated carbocycles. The summed E-state index contributed by atoms with van der Waals surface area (Å²) in [4.78, 5) is 26.3. The zero-order valence-electron chi connectivity index (χ0n) is 15.2. The average Bonchev–Trinajstić information content (AvgIpc) is 2.73. The molecule has 0 aliphatic carbocycles. The van der Waals surface area contributed by atoms with Crippen LogP contribution in [0.2, 0.25) is 0 Å². The van der Waals surface area contributed by atoms with Crippen molar-refractivity contribution in [2.45, 2.75) is 0 Å². The Morgan fingerprint density at radius 2 is 1.76 bits per heavy atom. The molecule has 0 radical (unpaired) electrons. The fraction of sp³-hybridized carbons (Fsp3) is 0.200. The molecular formula is C20H16F2N4O3. The van der Waals surface area contributed by atoms with E-state index in [1.54, 1.807) is 18.2 Å². The van der Waals surface area contributed by atoms with Gasteiger partial charge in [-0.2, -0.15) is 5.26 Å². The van der Waals surface area contributed by atoms with Gasteiger partial charge in [-0.25, -0.2) is 8.78 Å². The number of piperazine rings is 1. The highest BCUT2D eigenvalue weighted by atomic mass is 19.1. The predicted molar refractivity (Wildman–Crippen MR) is 102 cm³/mol. The third kappa shape index (κ3) is 4.55. The Balaban J connectivity index is 1.67. The summed E-state index contributed by atoms with van der Waals surface area (Å²) < 4.78 is 26.8. The van der Waals surface area contributed by atoms with Crippen molar-refractivity contribution in [2.75, 3.05) is 31.1 Å². The van der Waals surface area contributed by atoms with Gasteiger partial charge in [0.2, 0.25) is 0 Å². The summed E-state index contributed by atoms with van der Waals surface area (Å²) in [5, 5.41) is 20.0. The zero-order chi connectivity index (χ0) is 21.0. The molecule has 0 unspecified atom stereocenters. The molecule has 2 aromatic rings. The maximum atomic E-state index is 13.8. The number of carbonyl (C=O) groups excluding carboxylic acids is 1. The first-order valence-electron chi connectivity index (χ1n) is 8.74. The predicted octanol–water partition coefficient (Wildman–Crippen LogP) is 3.13. The van der Waals surface area contributed by atoms with Gasteiger partial charge in [-0.15, -0.1) is 0 Å². The molecule has 1 fully saturated rings. The number of amides is 1. The third-order valence-electron chi connectivity index (χ3n) is 4.61. The van der Waals surface area contributed by atoms with Crippen molar-refractivity contribution in [1.29, 1.82) is 5.26 Å². The van der Waals surface area contributed by atoms with Crippen LogP contribution in [0.25, 0.3) is 6.08 Å². The maximum absolute atomic E-state index is 13.8. The number of halogens is 2. The Bertz CT molecular complexity index is 1010. The van der Waals surface area contributed by atoms with Gasteiger partial charge < -0.3 is 9.80 Å². The number of nitriles is 1. The van der Waals surface area contributed by atoms with E-state index in [0.29, 0.717) is 32.2 Å². The summed E-state index contributed by atoms with van der Waals surface area (Å²) in [5.41, 5.74) is 0.520. The molecule has 148 valence electrons. The van der Waals surface area contributed by atoms with Crippen LogP contribution in [0.1, 0.15) is 5.56 Å². The van der Waals surface area contributed by atoms with E-state index in [9.17, 15) is 29.0 Å². The van der Waals surface area contributed by atoms with Gasteiger partial charge in [0.1, 0.15) is 23.3 Å². The van der Waals surface area contributed by atoms with Gasteiger partial charge in [0.05, 0.1) is 4.92 Å². The van der Waals surface area contributed by atoms with Gasteiger partial charge in [0.25, 0.3) is 11.6 Å². The number of anilines is 1. The molecule has 1 aliphatic rings. The van der Waals surface area contributed by atoms with Crippen LogP contribution < -0.4 is 4.90 Å². The van der Waals surface area contributed by atoms with Gasteiger partial charge in [-0.05, 0) is 30.3 Å². The molecule has 7 nitrogen and oxygen atoms in total. The molecule has 0 spiro atoms. The number of hydrogen-bond donors (Lipinski definition) is 0. The van der Waals surface area contributed by atoms with Crippen LogP contribution in [0.4, 0.5) is 20.2 Å². The van der Waals surface area contributed by atoms with Gasteiger partial charge >= 0.3 is 0 Å². The Morgan fingerprint density at radius 3 is 2.31 bits per heavy atom. The minimum Gasteiger partial charge on any atom is -0.368 e. The first kappa shape index (κ1) is 19.9. The fourth-order valence-corrected chi connectivity index (χ4v) is 3.04. The summed E-state index contributed by atoms with van der Waals surface area (Å²) in [7, 11) is 0. The van der Waals surface area contributed by atoms with Crippen molar-refractivity contribution in [3.8, 4) is 6.07 Å². The summed E-state index contributed by atoms with van der Waals surface area (Å²) in [5.74, 6) is -2.13. The van der Waals surface area contributed by atoms with E-state index in [4.69, 9.17) is 0 Å². The van der Waals surface area contributed by atoms with Crippen molar-refractivity contribution in [1.82, 2.24) is 4.90 Å². The van der Waals surface area contributed by atoms with E-state index in [1.807, 2.05) is 4.90 Å².